The zero-order chi connectivity index (χ0) is 13.5. The highest BCUT2D eigenvalue weighted by molar-refractivity contribution is 5.77. The number of nitrogens with one attached hydrogen (secondary N) is 2. The van der Waals surface area contributed by atoms with Crippen molar-refractivity contribution < 1.29 is 19.8 Å². The van der Waals surface area contributed by atoms with Crippen LogP contribution in [-0.4, -0.2) is 40.4 Å². The minimum Gasteiger partial charge on any atom is -0.479 e. The molecule has 6 heteroatoms. The van der Waals surface area contributed by atoms with E-state index in [1.165, 1.54) is 0 Å². The lowest BCUT2D eigenvalue weighted by Gasteiger charge is -2.31. The maximum absolute atomic E-state index is 11.5. The van der Waals surface area contributed by atoms with Gasteiger partial charge in [-0.3, -0.25) is 0 Å². The van der Waals surface area contributed by atoms with E-state index in [2.05, 4.69) is 10.6 Å². The molecular formula is C11H22N2O4. The molecule has 2 amide bonds. The van der Waals surface area contributed by atoms with E-state index >= 15 is 0 Å². The van der Waals surface area contributed by atoms with Crippen LogP contribution in [0.25, 0.3) is 0 Å². The Bertz CT molecular complexity index is 256. The molecule has 0 heterocycles. The van der Waals surface area contributed by atoms with Crippen LogP contribution >= 0.6 is 0 Å². The van der Waals surface area contributed by atoms with Gasteiger partial charge in [-0.25, -0.2) is 9.59 Å². The molecule has 0 spiro atoms. The number of carbonyl (C=O) groups is 2. The van der Waals surface area contributed by atoms with Crippen LogP contribution < -0.4 is 10.6 Å². The SMILES string of the molecule is CCC(CC)(CC)NC(=O)NC[C@H](O)C(=O)O. The molecule has 0 aliphatic rings. The zero-order valence-corrected chi connectivity index (χ0v) is 10.6. The van der Waals surface area contributed by atoms with Gasteiger partial charge in [-0.05, 0) is 19.3 Å². The zero-order valence-electron chi connectivity index (χ0n) is 10.6. The third kappa shape index (κ3) is 5.04. The van der Waals surface area contributed by atoms with E-state index in [1.54, 1.807) is 0 Å². The number of urea groups is 1. The van der Waals surface area contributed by atoms with Gasteiger partial charge in [-0.2, -0.15) is 0 Å². The molecule has 0 aromatic heterocycles. The molecule has 0 radical (unpaired) electrons. The van der Waals surface area contributed by atoms with Crippen LogP contribution in [0.2, 0.25) is 0 Å². The van der Waals surface area contributed by atoms with E-state index in [9.17, 15) is 9.59 Å². The Morgan fingerprint density at radius 1 is 1.18 bits per heavy atom. The standard InChI is InChI=1S/C11H22N2O4/c1-4-11(5-2,6-3)13-10(17)12-7-8(14)9(15)16/h8,14H,4-7H2,1-3H3,(H,15,16)(H2,12,13,17)/t8-/m0/s1. The highest BCUT2D eigenvalue weighted by atomic mass is 16.4. The number of carboxylic acids is 1. The Hall–Kier alpha value is -1.30. The first-order valence-electron chi connectivity index (χ1n) is 5.87. The van der Waals surface area contributed by atoms with Gasteiger partial charge in [0.25, 0.3) is 0 Å². The number of hydrogen-bond acceptors (Lipinski definition) is 3. The number of hydrogen-bond donors (Lipinski definition) is 4. The van der Waals surface area contributed by atoms with E-state index in [0.29, 0.717) is 0 Å². The molecule has 17 heavy (non-hydrogen) atoms. The van der Waals surface area contributed by atoms with Crippen LogP contribution in [0.4, 0.5) is 4.79 Å². The summed E-state index contributed by atoms with van der Waals surface area (Å²) in [5.41, 5.74) is -0.266. The Morgan fingerprint density at radius 2 is 1.65 bits per heavy atom. The topological polar surface area (TPSA) is 98.7 Å². The summed E-state index contributed by atoms with van der Waals surface area (Å²) in [5.74, 6) is -1.35. The van der Waals surface area contributed by atoms with Crippen molar-refractivity contribution in [2.75, 3.05) is 6.54 Å². The summed E-state index contributed by atoms with van der Waals surface area (Å²) in [7, 11) is 0. The fourth-order valence-corrected chi connectivity index (χ4v) is 1.58. The highest BCUT2D eigenvalue weighted by Gasteiger charge is 2.26. The molecule has 0 saturated carbocycles. The van der Waals surface area contributed by atoms with Gasteiger partial charge in [0, 0.05) is 5.54 Å². The van der Waals surface area contributed by atoms with Crippen LogP contribution in [0.3, 0.4) is 0 Å². The normalized spacial score (nSPS) is 12.9. The summed E-state index contributed by atoms with van der Waals surface area (Å²) >= 11 is 0. The largest absolute Gasteiger partial charge is 0.479 e. The van der Waals surface area contributed by atoms with Gasteiger partial charge in [-0.1, -0.05) is 20.8 Å². The van der Waals surface area contributed by atoms with Crippen molar-refractivity contribution >= 4 is 12.0 Å². The summed E-state index contributed by atoms with van der Waals surface area (Å²) in [6.07, 6.45) is 0.832. The minimum atomic E-state index is -1.57. The Balaban J connectivity index is 4.21. The van der Waals surface area contributed by atoms with Crippen LogP contribution in [0.15, 0.2) is 0 Å². The predicted molar refractivity (Wildman–Crippen MR) is 63.8 cm³/mol. The molecule has 100 valence electrons. The van der Waals surface area contributed by atoms with Gasteiger partial charge in [0.05, 0.1) is 6.54 Å². The maximum atomic E-state index is 11.5. The quantitative estimate of drug-likeness (QED) is 0.531. The molecule has 0 fully saturated rings. The van der Waals surface area contributed by atoms with Crippen molar-refractivity contribution in [1.82, 2.24) is 10.6 Å². The molecule has 0 aromatic carbocycles. The van der Waals surface area contributed by atoms with Crippen molar-refractivity contribution in [3.8, 4) is 0 Å². The van der Waals surface area contributed by atoms with Crippen molar-refractivity contribution in [2.24, 2.45) is 0 Å². The van der Waals surface area contributed by atoms with Crippen LogP contribution in [-0.2, 0) is 4.79 Å². The monoisotopic (exact) mass is 246 g/mol. The summed E-state index contributed by atoms with van der Waals surface area (Å²) in [6, 6.07) is -0.448. The molecule has 0 unspecified atom stereocenters. The van der Waals surface area contributed by atoms with Gasteiger partial charge in [0.1, 0.15) is 0 Å². The molecule has 0 bridgehead atoms. The minimum absolute atomic E-state index is 0.266. The van der Waals surface area contributed by atoms with Gasteiger partial charge < -0.3 is 20.8 Å². The lowest BCUT2D eigenvalue weighted by Crippen LogP contribution is -2.52. The summed E-state index contributed by atoms with van der Waals surface area (Å²) < 4.78 is 0. The molecule has 0 rings (SSSR count). The lowest BCUT2D eigenvalue weighted by molar-refractivity contribution is -0.146. The van der Waals surface area contributed by atoms with Crippen molar-refractivity contribution in [2.45, 2.75) is 51.7 Å². The molecule has 0 saturated heterocycles. The van der Waals surface area contributed by atoms with Crippen LogP contribution in [0, 0.1) is 0 Å². The van der Waals surface area contributed by atoms with Gasteiger partial charge in [0.15, 0.2) is 6.10 Å². The second kappa shape index (κ2) is 7.11. The average Bonchev–Trinajstić information content (AvgIpc) is 2.33. The number of aliphatic hydroxyl groups is 1. The molecule has 0 aliphatic heterocycles. The number of aliphatic carboxylic acids is 1. The summed E-state index contributed by atoms with van der Waals surface area (Å²) in [4.78, 5) is 21.9. The van der Waals surface area contributed by atoms with Crippen LogP contribution in [0.1, 0.15) is 40.0 Å². The molecule has 6 nitrogen and oxygen atoms in total. The number of carbonyl (C=O) groups excluding carboxylic acids is 1. The number of aliphatic hydroxyl groups excluding tert-OH is 1. The molecule has 0 aliphatic carbocycles. The van der Waals surface area contributed by atoms with E-state index in [1.807, 2.05) is 20.8 Å². The summed E-state index contributed by atoms with van der Waals surface area (Å²) in [5, 5.41) is 22.6. The van der Waals surface area contributed by atoms with Crippen LogP contribution in [0.5, 0.6) is 0 Å². The fraction of sp³-hybridized carbons (Fsp3) is 0.818. The van der Waals surface area contributed by atoms with E-state index < -0.39 is 18.1 Å². The summed E-state index contributed by atoms with van der Waals surface area (Å²) in [6.45, 7) is 5.66. The Kier molecular flexibility index (Phi) is 6.57. The van der Waals surface area contributed by atoms with Crippen molar-refractivity contribution in [3.63, 3.8) is 0 Å². The Morgan fingerprint density at radius 3 is 2.00 bits per heavy atom. The maximum Gasteiger partial charge on any atom is 0.334 e. The molecule has 1 atom stereocenters. The number of rotatable bonds is 7. The fourth-order valence-electron chi connectivity index (χ4n) is 1.58. The Labute approximate surface area is 101 Å². The van der Waals surface area contributed by atoms with E-state index in [4.69, 9.17) is 10.2 Å². The van der Waals surface area contributed by atoms with Gasteiger partial charge in [0.2, 0.25) is 0 Å². The first-order valence-corrected chi connectivity index (χ1v) is 5.87. The number of amides is 2. The van der Waals surface area contributed by atoms with Gasteiger partial charge in [-0.15, -0.1) is 0 Å². The lowest BCUT2D eigenvalue weighted by atomic mass is 9.90. The van der Waals surface area contributed by atoms with Gasteiger partial charge >= 0.3 is 12.0 Å². The van der Waals surface area contributed by atoms with E-state index in [-0.39, 0.29) is 12.1 Å². The second-order valence-corrected chi connectivity index (χ2v) is 4.03. The third-order valence-corrected chi connectivity index (χ3v) is 3.15. The smallest absolute Gasteiger partial charge is 0.334 e. The average molecular weight is 246 g/mol. The van der Waals surface area contributed by atoms with Crippen molar-refractivity contribution in [3.05, 3.63) is 0 Å². The predicted octanol–water partition coefficient (Wildman–Crippen LogP) is 0.700. The second-order valence-electron chi connectivity index (χ2n) is 4.03. The first kappa shape index (κ1) is 15.7. The first-order chi connectivity index (χ1) is 7.90. The third-order valence-electron chi connectivity index (χ3n) is 3.15. The highest BCUT2D eigenvalue weighted by Crippen LogP contribution is 2.18. The molecule has 0 aromatic rings. The molecular weight excluding hydrogens is 224 g/mol. The molecule has 4 N–H and O–H groups in total. The van der Waals surface area contributed by atoms with Crippen molar-refractivity contribution in [1.29, 1.82) is 0 Å². The number of carboxylic acid groups (broad SMARTS) is 1. The van der Waals surface area contributed by atoms with E-state index in [0.717, 1.165) is 19.3 Å².